The number of hydrogen-bond donors (Lipinski definition) is 1. The lowest BCUT2D eigenvalue weighted by Gasteiger charge is -2.30. The first-order valence-electron chi connectivity index (χ1n) is 12.8. The van der Waals surface area contributed by atoms with E-state index in [4.69, 9.17) is 11.6 Å². The second-order valence-corrected chi connectivity index (χ2v) is 10.8. The monoisotopic (exact) mass is 494 g/mol. The maximum Gasteiger partial charge on any atom is 0.254 e. The van der Waals surface area contributed by atoms with E-state index in [2.05, 4.69) is 27.2 Å². The number of carbonyl (C=O) groups is 2. The molecule has 186 valence electrons. The summed E-state index contributed by atoms with van der Waals surface area (Å²) in [6.07, 6.45) is 1.84. The van der Waals surface area contributed by atoms with Gasteiger partial charge >= 0.3 is 0 Å². The Bertz CT molecular complexity index is 1110. The molecule has 2 fully saturated rings. The van der Waals surface area contributed by atoms with Gasteiger partial charge < -0.3 is 20.0 Å². The molecular formula is C28H35ClN4O2. The summed E-state index contributed by atoms with van der Waals surface area (Å²) in [5, 5.41) is 4.28. The molecule has 35 heavy (non-hydrogen) atoms. The topological polar surface area (TPSA) is 55.9 Å². The molecule has 0 bridgehead atoms. The molecule has 2 unspecified atom stereocenters. The van der Waals surface area contributed by atoms with E-state index in [1.165, 1.54) is 0 Å². The lowest BCUT2D eigenvalue weighted by atomic mass is 9.93. The van der Waals surface area contributed by atoms with Crippen LogP contribution in [0.3, 0.4) is 0 Å². The van der Waals surface area contributed by atoms with Gasteiger partial charge in [-0.3, -0.25) is 9.59 Å². The first-order valence-corrected chi connectivity index (χ1v) is 13.1. The Morgan fingerprint density at radius 3 is 2.54 bits per heavy atom. The summed E-state index contributed by atoms with van der Waals surface area (Å²) in [4.78, 5) is 31.7. The van der Waals surface area contributed by atoms with Crippen molar-refractivity contribution in [3.05, 3.63) is 63.7 Å². The van der Waals surface area contributed by atoms with Gasteiger partial charge in [0.15, 0.2) is 0 Å². The minimum absolute atomic E-state index is 0.0969. The minimum Gasteiger partial charge on any atom is -0.385 e. The lowest BCUT2D eigenvalue weighted by Crippen LogP contribution is -2.37. The fourth-order valence-electron chi connectivity index (χ4n) is 5.93. The Morgan fingerprint density at radius 1 is 1.06 bits per heavy atom. The smallest absolute Gasteiger partial charge is 0.254 e. The number of aryl methyl sites for hydroxylation is 1. The zero-order valence-corrected chi connectivity index (χ0v) is 21.5. The number of nitrogens with zero attached hydrogens (tertiary/aromatic N) is 3. The van der Waals surface area contributed by atoms with Gasteiger partial charge in [-0.15, -0.1) is 0 Å². The quantitative estimate of drug-likeness (QED) is 0.615. The molecule has 0 spiro atoms. The van der Waals surface area contributed by atoms with Crippen molar-refractivity contribution in [2.24, 2.45) is 11.8 Å². The van der Waals surface area contributed by atoms with E-state index >= 15 is 0 Å². The molecule has 2 aromatic rings. The molecule has 2 aromatic carbocycles. The molecule has 3 aliphatic heterocycles. The average Bonchev–Trinajstić information content (AvgIpc) is 3.42. The van der Waals surface area contributed by atoms with E-state index in [9.17, 15) is 9.59 Å². The zero-order valence-electron chi connectivity index (χ0n) is 20.7. The maximum atomic E-state index is 13.5. The summed E-state index contributed by atoms with van der Waals surface area (Å²) in [5.74, 6) is 1.39. The van der Waals surface area contributed by atoms with Gasteiger partial charge in [-0.05, 0) is 73.0 Å². The van der Waals surface area contributed by atoms with Crippen LogP contribution in [0, 0.1) is 18.8 Å². The molecule has 0 aliphatic carbocycles. The first kappa shape index (κ1) is 24.1. The molecule has 6 nitrogen and oxygen atoms in total. The second-order valence-electron chi connectivity index (χ2n) is 10.4. The highest BCUT2D eigenvalue weighted by Gasteiger charge is 2.41. The molecule has 2 atom stereocenters. The Labute approximate surface area is 213 Å². The number of carbonyl (C=O) groups excluding carboxylic acids is 2. The highest BCUT2D eigenvalue weighted by molar-refractivity contribution is 6.31. The van der Waals surface area contributed by atoms with Crippen LogP contribution in [0.5, 0.6) is 0 Å². The number of rotatable bonds is 6. The van der Waals surface area contributed by atoms with Gasteiger partial charge in [-0.25, -0.2) is 0 Å². The highest BCUT2D eigenvalue weighted by atomic mass is 35.5. The molecule has 2 saturated heterocycles. The molecule has 1 N–H and O–H groups in total. The van der Waals surface area contributed by atoms with E-state index in [0.29, 0.717) is 24.9 Å². The molecule has 3 aliphatic rings. The van der Waals surface area contributed by atoms with Crippen molar-refractivity contribution in [1.29, 1.82) is 0 Å². The Hall–Kier alpha value is -2.57. The number of benzene rings is 2. The summed E-state index contributed by atoms with van der Waals surface area (Å²) in [7, 11) is 0. The van der Waals surface area contributed by atoms with Gasteiger partial charge in [0, 0.05) is 69.0 Å². The van der Waals surface area contributed by atoms with Crippen molar-refractivity contribution < 1.29 is 9.59 Å². The van der Waals surface area contributed by atoms with Gasteiger partial charge in [-0.1, -0.05) is 29.8 Å². The van der Waals surface area contributed by atoms with Crippen molar-refractivity contribution >= 4 is 29.1 Å². The number of hydrogen-bond acceptors (Lipinski definition) is 4. The maximum absolute atomic E-state index is 13.5. The van der Waals surface area contributed by atoms with Crippen molar-refractivity contribution in [2.45, 2.75) is 33.2 Å². The van der Waals surface area contributed by atoms with Crippen LogP contribution in [0.25, 0.3) is 0 Å². The van der Waals surface area contributed by atoms with Crippen molar-refractivity contribution in [2.75, 3.05) is 51.1 Å². The predicted molar refractivity (Wildman–Crippen MR) is 140 cm³/mol. The normalized spacial score (nSPS) is 21.7. The number of anilines is 1. The fourth-order valence-corrected chi connectivity index (χ4v) is 6.11. The Balaban J connectivity index is 1.10. The van der Waals surface area contributed by atoms with Crippen LogP contribution in [-0.4, -0.2) is 72.3 Å². The van der Waals surface area contributed by atoms with Crippen LogP contribution in [0.2, 0.25) is 5.02 Å². The summed E-state index contributed by atoms with van der Waals surface area (Å²) in [6, 6.07) is 12.1. The fraction of sp³-hybridized carbons (Fsp3) is 0.500. The van der Waals surface area contributed by atoms with E-state index in [1.54, 1.807) is 6.92 Å². The molecule has 2 amide bonds. The molecular weight excluding hydrogens is 460 g/mol. The molecule has 0 aromatic heterocycles. The van der Waals surface area contributed by atoms with Gasteiger partial charge in [0.2, 0.25) is 5.91 Å². The first-order chi connectivity index (χ1) is 16.9. The van der Waals surface area contributed by atoms with Crippen LogP contribution in [0.15, 0.2) is 36.4 Å². The third-order valence-corrected chi connectivity index (χ3v) is 8.35. The summed E-state index contributed by atoms with van der Waals surface area (Å²) < 4.78 is 0. The standard InChI is InChI=1S/C28H35ClN4O2/c1-19-7-8-24(13-27(19)29)30-10-4-11-31-14-22-17-33(18-23(22)15-31)28(35)26-6-3-5-21-16-32(20(2)34)12-9-25(21)26/h3,5-8,13,22-23,30H,4,9-12,14-18H2,1-2H3. The number of nitrogens with one attached hydrogen (secondary N) is 1. The van der Waals surface area contributed by atoms with Crippen LogP contribution in [-0.2, 0) is 17.8 Å². The second kappa shape index (κ2) is 10.2. The third kappa shape index (κ3) is 5.19. The number of amides is 2. The van der Waals surface area contributed by atoms with Gasteiger partial charge in [0.25, 0.3) is 5.91 Å². The largest absolute Gasteiger partial charge is 0.385 e. The molecule has 3 heterocycles. The molecule has 0 saturated carbocycles. The van der Waals surface area contributed by atoms with E-state index in [1.807, 2.05) is 36.1 Å². The number of likely N-dealkylation sites (tertiary alicyclic amines) is 2. The van der Waals surface area contributed by atoms with Crippen LogP contribution < -0.4 is 5.32 Å². The van der Waals surface area contributed by atoms with Crippen molar-refractivity contribution in [1.82, 2.24) is 14.7 Å². The lowest BCUT2D eigenvalue weighted by molar-refractivity contribution is -0.129. The van der Waals surface area contributed by atoms with Crippen molar-refractivity contribution in [3.8, 4) is 0 Å². The Morgan fingerprint density at radius 2 is 1.83 bits per heavy atom. The molecule has 5 rings (SSSR count). The summed E-state index contributed by atoms with van der Waals surface area (Å²) in [6.45, 7) is 10.8. The van der Waals surface area contributed by atoms with Crippen molar-refractivity contribution in [3.63, 3.8) is 0 Å². The Kier molecular flexibility index (Phi) is 7.03. The molecule has 0 radical (unpaired) electrons. The average molecular weight is 495 g/mol. The zero-order chi connectivity index (χ0) is 24.5. The van der Waals surface area contributed by atoms with E-state index in [0.717, 1.165) is 85.1 Å². The van der Waals surface area contributed by atoms with E-state index in [-0.39, 0.29) is 11.8 Å². The van der Waals surface area contributed by atoms with Gasteiger partial charge in [0.05, 0.1) is 0 Å². The number of halogens is 1. The van der Waals surface area contributed by atoms with Crippen LogP contribution in [0.4, 0.5) is 5.69 Å². The van der Waals surface area contributed by atoms with Gasteiger partial charge in [0.1, 0.15) is 0 Å². The highest BCUT2D eigenvalue weighted by Crippen LogP contribution is 2.33. The predicted octanol–water partition coefficient (Wildman–Crippen LogP) is 4.06. The summed E-state index contributed by atoms with van der Waals surface area (Å²) >= 11 is 6.22. The van der Waals surface area contributed by atoms with Crippen LogP contribution in [0.1, 0.15) is 40.4 Å². The number of fused-ring (bicyclic) bond motifs is 2. The SMILES string of the molecule is CC(=O)N1CCc2c(cccc2C(=O)N2CC3CN(CCCNc4ccc(C)c(Cl)c4)CC3C2)C1. The van der Waals surface area contributed by atoms with Gasteiger partial charge in [-0.2, -0.15) is 0 Å². The van der Waals surface area contributed by atoms with Crippen LogP contribution >= 0.6 is 11.6 Å². The molecule has 7 heteroatoms. The van der Waals surface area contributed by atoms with E-state index < -0.39 is 0 Å². The summed E-state index contributed by atoms with van der Waals surface area (Å²) in [5.41, 5.74) is 5.26. The third-order valence-electron chi connectivity index (χ3n) is 7.94. The minimum atomic E-state index is 0.0969.